The molecule has 0 aliphatic rings. The topological polar surface area (TPSA) is 73.6 Å². The summed E-state index contributed by atoms with van der Waals surface area (Å²) in [5.41, 5.74) is 0.477. The molecule has 1 N–H and O–H groups in total. The summed E-state index contributed by atoms with van der Waals surface area (Å²) in [6, 6.07) is 7.94. The number of hydrogen-bond acceptors (Lipinski definition) is 4. The fourth-order valence-corrected chi connectivity index (χ4v) is 2.90. The molecule has 0 spiro atoms. The zero-order valence-corrected chi connectivity index (χ0v) is 14.8. The summed E-state index contributed by atoms with van der Waals surface area (Å²) in [6.45, 7) is 0. The third-order valence-electron chi connectivity index (χ3n) is 4.11. The molecule has 0 saturated carbocycles. The van der Waals surface area contributed by atoms with Gasteiger partial charge in [0.15, 0.2) is 5.69 Å². The highest BCUT2D eigenvalue weighted by Crippen LogP contribution is 2.43. The molecule has 0 radical (unpaired) electrons. The molecule has 0 amide bonds. The predicted octanol–water partition coefficient (Wildman–Crippen LogP) is 3.75. The summed E-state index contributed by atoms with van der Waals surface area (Å²) in [7, 11) is 4.34. The number of methoxy groups -OCH3 is 2. The highest BCUT2D eigenvalue weighted by Gasteiger charge is 2.23. The maximum atomic E-state index is 14.4. The molecular weight excluding hydrogens is 358 g/mol. The molecule has 0 unspecified atom stereocenters. The van der Waals surface area contributed by atoms with Crippen molar-refractivity contribution in [2.75, 3.05) is 14.2 Å². The average Bonchev–Trinajstić information content (AvgIpc) is 3.02. The van der Waals surface area contributed by atoms with E-state index in [1.807, 2.05) is 0 Å². The summed E-state index contributed by atoms with van der Waals surface area (Å²) in [6.07, 6.45) is 0. The van der Waals surface area contributed by atoms with Crippen LogP contribution in [0.4, 0.5) is 8.78 Å². The van der Waals surface area contributed by atoms with Crippen LogP contribution in [0.25, 0.3) is 22.4 Å². The number of nitrogens with zero attached hydrogens (tertiary/aromatic N) is 2. The number of rotatable bonds is 5. The van der Waals surface area contributed by atoms with E-state index in [9.17, 15) is 18.7 Å². The quantitative estimate of drug-likeness (QED) is 0.736. The summed E-state index contributed by atoms with van der Waals surface area (Å²) in [4.78, 5) is 11.2. The molecule has 1 heterocycles. The summed E-state index contributed by atoms with van der Waals surface area (Å²) < 4.78 is 40.8. The Bertz CT molecular complexity index is 1010. The predicted molar refractivity (Wildman–Crippen MR) is 94.1 cm³/mol. The van der Waals surface area contributed by atoms with Crippen molar-refractivity contribution in [3.63, 3.8) is 0 Å². The van der Waals surface area contributed by atoms with Crippen molar-refractivity contribution in [2.24, 2.45) is 7.05 Å². The number of halogens is 2. The van der Waals surface area contributed by atoms with Gasteiger partial charge in [0.2, 0.25) is 0 Å². The number of hydrogen-bond donors (Lipinski definition) is 1. The second-order valence-electron chi connectivity index (χ2n) is 5.70. The normalized spacial score (nSPS) is 10.7. The molecule has 140 valence electrons. The lowest BCUT2D eigenvalue weighted by molar-refractivity contribution is 0.0689. The minimum absolute atomic E-state index is 0.139. The number of benzene rings is 2. The Hall–Kier alpha value is -3.42. The lowest BCUT2D eigenvalue weighted by atomic mass is 9.98. The van der Waals surface area contributed by atoms with Gasteiger partial charge in [0, 0.05) is 18.2 Å². The maximum absolute atomic E-state index is 14.4. The fraction of sp³-hybridized carbons (Fsp3) is 0.158. The second kappa shape index (κ2) is 7.06. The first kappa shape index (κ1) is 18.4. The van der Waals surface area contributed by atoms with E-state index in [0.717, 1.165) is 12.1 Å². The van der Waals surface area contributed by atoms with Crippen molar-refractivity contribution in [1.29, 1.82) is 0 Å². The van der Waals surface area contributed by atoms with Gasteiger partial charge in [-0.05, 0) is 30.3 Å². The number of carboxylic acid groups (broad SMARTS) is 1. The van der Waals surface area contributed by atoms with Crippen LogP contribution < -0.4 is 9.47 Å². The van der Waals surface area contributed by atoms with Crippen LogP contribution in [0.1, 0.15) is 10.5 Å². The van der Waals surface area contributed by atoms with E-state index in [1.54, 1.807) is 13.1 Å². The van der Waals surface area contributed by atoms with Gasteiger partial charge in [-0.2, -0.15) is 5.10 Å². The first-order valence-electron chi connectivity index (χ1n) is 7.85. The SMILES string of the molecule is COc1cc(-c2c(F)cccc2F)c(OC)c(-c2cc(C(=O)O)nn2C)c1. The molecule has 0 aliphatic heterocycles. The van der Waals surface area contributed by atoms with Gasteiger partial charge in [0.05, 0.1) is 25.5 Å². The molecule has 0 atom stereocenters. The molecule has 8 heteroatoms. The lowest BCUT2D eigenvalue weighted by Gasteiger charge is -2.17. The van der Waals surface area contributed by atoms with Crippen molar-refractivity contribution >= 4 is 5.97 Å². The molecule has 27 heavy (non-hydrogen) atoms. The van der Waals surface area contributed by atoms with Crippen LogP contribution in [-0.2, 0) is 7.05 Å². The van der Waals surface area contributed by atoms with Crippen LogP contribution in [0.2, 0.25) is 0 Å². The van der Waals surface area contributed by atoms with Gasteiger partial charge in [0.1, 0.15) is 23.1 Å². The first-order valence-corrected chi connectivity index (χ1v) is 7.85. The van der Waals surface area contributed by atoms with Crippen molar-refractivity contribution in [1.82, 2.24) is 9.78 Å². The van der Waals surface area contributed by atoms with Crippen LogP contribution in [0.5, 0.6) is 11.5 Å². The van der Waals surface area contributed by atoms with Gasteiger partial charge in [0.25, 0.3) is 0 Å². The Balaban J connectivity index is 2.35. The number of aromatic nitrogens is 2. The zero-order valence-electron chi connectivity index (χ0n) is 14.8. The third kappa shape index (κ3) is 3.21. The largest absolute Gasteiger partial charge is 0.497 e. The number of aromatic carboxylic acids is 1. The molecule has 0 bridgehead atoms. The smallest absolute Gasteiger partial charge is 0.356 e. The minimum atomic E-state index is -1.20. The Morgan fingerprint density at radius 3 is 2.22 bits per heavy atom. The molecule has 1 aromatic heterocycles. The monoisotopic (exact) mass is 374 g/mol. The van der Waals surface area contributed by atoms with Crippen molar-refractivity contribution in [3.05, 3.63) is 53.7 Å². The fourth-order valence-electron chi connectivity index (χ4n) is 2.90. The van der Waals surface area contributed by atoms with Gasteiger partial charge in [-0.25, -0.2) is 13.6 Å². The van der Waals surface area contributed by atoms with E-state index in [0.29, 0.717) is 17.0 Å². The number of carbonyl (C=O) groups is 1. The van der Waals surface area contributed by atoms with Gasteiger partial charge in [-0.1, -0.05) is 6.07 Å². The molecule has 6 nitrogen and oxygen atoms in total. The van der Waals surface area contributed by atoms with E-state index in [1.165, 1.54) is 37.1 Å². The zero-order chi connectivity index (χ0) is 19.7. The van der Waals surface area contributed by atoms with Gasteiger partial charge in [-0.15, -0.1) is 0 Å². The molecule has 3 aromatic rings. The standard InChI is InChI=1S/C19H16F2N2O4/c1-23-16(9-15(22-23)19(24)25)11-7-10(26-2)8-12(18(11)27-3)17-13(20)5-4-6-14(17)21/h4-9H,1-3H3,(H,24,25). The van der Waals surface area contributed by atoms with E-state index in [2.05, 4.69) is 5.10 Å². The number of ether oxygens (including phenoxy) is 2. The highest BCUT2D eigenvalue weighted by atomic mass is 19.1. The van der Waals surface area contributed by atoms with Gasteiger partial charge in [-0.3, -0.25) is 4.68 Å². The van der Waals surface area contributed by atoms with Crippen molar-refractivity contribution in [2.45, 2.75) is 0 Å². The third-order valence-corrected chi connectivity index (χ3v) is 4.11. The van der Waals surface area contributed by atoms with Crippen LogP contribution in [0.15, 0.2) is 36.4 Å². The highest BCUT2D eigenvalue weighted by molar-refractivity contribution is 5.89. The van der Waals surface area contributed by atoms with E-state index in [4.69, 9.17) is 9.47 Å². The van der Waals surface area contributed by atoms with E-state index >= 15 is 0 Å². The lowest BCUT2D eigenvalue weighted by Crippen LogP contribution is -2.01. The Labute approximate surface area is 153 Å². The van der Waals surface area contributed by atoms with Crippen LogP contribution >= 0.6 is 0 Å². The average molecular weight is 374 g/mol. The molecule has 3 rings (SSSR count). The maximum Gasteiger partial charge on any atom is 0.356 e. The van der Waals surface area contributed by atoms with Crippen molar-refractivity contribution in [3.8, 4) is 33.9 Å². The molecule has 2 aromatic carbocycles. The number of aryl methyl sites for hydroxylation is 1. The second-order valence-corrected chi connectivity index (χ2v) is 5.70. The van der Waals surface area contributed by atoms with Gasteiger partial charge >= 0.3 is 5.97 Å². The minimum Gasteiger partial charge on any atom is -0.497 e. The van der Waals surface area contributed by atoms with Crippen LogP contribution in [-0.4, -0.2) is 35.1 Å². The molecule has 0 saturated heterocycles. The number of carboxylic acids is 1. The molecular formula is C19H16F2N2O4. The Morgan fingerprint density at radius 2 is 1.70 bits per heavy atom. The first-order chi connectivity index (χ1) is 12.9. The Kier molecular flexibility index (Phi) is 4.81. The summed E-state index contributed by atoms with van der Waals surface area (Å²) >= 11 is 0. The van der Waals surface area contributed by atoms with E-state index in [-0.39, 0.29) is 22.6 Å². The Morgan fingerprint density at radius 1 is 1.07 bits per heavy atom. The van der Waals surface area contributed by atoms with E-state index < -0.39 is 17.6 Å². The summed E-state index contributed by atoms with van der Waals surface area (Å²) in [5, 5.41) is 13.1. The van der Waals surface area contributed by atoms with Crippen molar-refractivity contribution < 1.29 is 28.2 Å². The molecule has 0 aliphatic carbocycles. The summed E-state index contributed by atoms with van der Waals surface area (Å²) in [5.74, 6) is -2.23. The van der Waals surface area contributed by atoms with Crippen LogP contribution in [0.3, 0.4) is 0 Å². The van der Waals surface area contributed by atoms with Gasteiger partial charge < -0.3 is 14.6 Å². The van der Waals surface area contributed by atoms with Crippen LogP contribution in [0, 0.1) is 11.6 Å². The molecule has 0 fully saturated rings.